The standard InChI is InChI=1S/C10H13N3OS/c1-2-9(14)12-6-3-4-7-8(5-6)15-10(11)13-7/h2,6H,1,3-5H2,(H2,11,13)(H,12,14)/t6-/m1/s1. The Morgan fingerprint density at radius 2 is 2.53 bits per heavy atom. The van der Waals surface area contributed by atoms with E-state index in [2.05, 4.69) is 16.9 Å². The SMILES string of the molecule is C=CC(=O)N[C@@H]1CCc2nc(N)sc2C1. The number of carbonyl (C=O) groups excluding carboxylic acids is 1. The van der Waals surface area contributed by atoms with Crippen molar-refractivity contribution in [2.24, 2.45) is 0 Å². The van der Waals surface area contributed by atoms with Crippen LogP contribution in [0.4, 0.5) is 5.13 Å². The van der Waals surface area contributed by atoms with Crippen LogP contribution in [0.5, 0.6) is 0 Å². The molecule has 0 radical (unpaired) electrons. The first-order valence-corrected chi connectivity index (χ1v) is 5.67. The van der Waals surface area contributed by atoms with Gasteiger partial charge in [-0.25, -0.2) is 4.98 Å². The average Bonchev–Trinajstić information content (AvgIpc) is 2.57. The molecule has 0 unspecified atom stereocenters. The number of carbonyl (C=O) groups is 1. The number of thiazole rings is 1. The van der Waals surface area contributed by atoms with Gasteiger partial charge in [0.2, 0.25) is 5.91 Å². The molecule has 80 valence electrons. The molecular weight excluding hydrogens is 210 g/mol. The van der Waals surface area contributed by atoms with Gasteiger partial charge in [-0.1, -0.05) is 6.58 Å². The zero-order valence-electron chi connectivity index (χ0n) is 8.32. The molecule has 1 aliphatic carbocycles. The second kappa shape index (κ2) is 4.02. The van der Waals surface area contributed by atoms with Crippen LogP contribution < -0.4 is 11.1 Å². The molecule has 0 aromatic carbocycles. The average molecular weight is 223 g/mol. The van der Waals surface area contributed by atoms with Crippen LogP contribution in [0, 0.1) is 0 Å². The fourth-order valence-corrected chi connectivity index (χ4v) is 2.74. The Hall–Kier alpha value is -1.36. The molecule has 0 bridgehead atoms. The van der Waals surface area contributed by atoms with Crippen LogP contribution in [0.2, 0.25) is 0 Å². The van der Waals surface area contributed by atoms with Crippen LogP contribution in [0.15, 0.2) is 12.7 Å². The maximum absolute atomic E-state index is 11.1. The van der Waals surface area contributed by atoms with Gasteiger partial charge in [-0.15, -0.1) is 11.3 Å². The Kier molecular flexibility index (Phi) is 2.73. The van der Waals surface area contributed by atoms with Crippen molar-refractivity contribution in [1.82, 2.24) is 10.3 Å². The molecule has 0 fully saturated rings. The van der Waals surface area contributed by atoms with Crippen LogP contribution in [0.1, 0.15) is 17.0 Å². The molecule has 1 aliphatic rings. The minimum atomic E-state index is -0.110. The van der Waals surface area contributed by atoms with Crippen molar-refractivity contribution in [2.45, 2.75) is 25.3 Å². The summed E-state index contributed by atoms with van der Waals surface area (Å²) in [5.41, 5.74) is 6.73. The predicted octanol–water partition coefficient (Wildman–Crippen LogP) is 0.885. The molecule has 1 amide bonds. The molecule has 1 aromatic rings. The number of fused-ring (bicyclic) bond motifs is 1. The minimum Gasteiger partial charge on any atom is -0.375 e. The van der Waals surface area contributed by atoms with E-state index in [-0.39, 0.29) is 11.9 Å². The van der Waals surface area contributed by atoms with Crippen LogP contribution in [0.25, 0.3) is 0 Å². The van der Waals surface area contributed by atoms with Crippen molar-refractivity contribution >= 4 is 22.4 Å². The van der Waals surface area contributed by atoms with Crippen LogP contribution in [0.3, 0.4) is 0 Å². The van der Waals surface area contributed by atoms with Crippen LogP contribution >= 0.6 is 11.3 Å². The summed E-state index contributed by atoms with van der Waals surface area (Å²) in [6.45, 7) is 3.43. The molecule has 15 heavy (non-hydrogen) atoms. The van der Waals surface area contributed by atoms with Crippen molar-refractivity contribution in [3.05, 3.63) is 23.2 Å². The molecule has 5 heteroatoms. The Labute approximate surface area is 92.2 Å². The quantitative estimate of drug-likeness (QED) is 0.731. The van der Waals surface area contributed by atoms with Gasteiger partial charge in [-0.2, -0.15) is 0 Å². The topological polar surface area (TPSA) is 68.0 Å². The largest absolute Gasteiger partial charge is 0.375 e. The van der Waals surface area contributed by atoms with Crippen molar-refractivity contribution in [3.8, 4) is 0 Å². The molecule has 0 spiro atoms. The number of aromatic nitrogens is 1. The number of amides is 1. The van der Waals surface area contributed by atoms with Gasteiger partial charge in [-0.3, -0.25) is 4.79 Å². The number of nitrogen functional groups attached to an aromatic ring is 1. The summed E-state index contributed by atoms with van der Waals surface area (Å²) in [5, 5.41) is 3.52. The molecule has 4 nitrogen and oxygen atoms in total. The fraction of sp³-hybridized carbons (Fsp3) is 0.400. The van der Waals surface area contributed by atoms with Crippen molar-refractivity contribution in [1.29, 1.82) is 0 Å². The molecule has 1 aromatic heterocycles. The van der Waals surface area contributed by atoms with E-state index in [0.29, 0.717) is 5.13 Å². The maximum atomic E-state index is 11.1. The monoisotopic (exact) mass is 223 g/mol. The van der Waals surface area contributed by atoms with Crippen molar-refractivity contribution in [2.75, 3.05) is 5.73 Å². The summed E-state index contributed by atoms with van der Waals surface area (Å²) < 4.78 is 0. The first-order valence-electron chi connectivity index (χ1n) is 4.86. The normalized spacial score (nSPS) is 19.3. The summed E-state index contributed by atoms with van der Waals surface area (Å²) in [4.78, 5) is 16.6. The van der Waals surface area contributed by atoms with E-state index in [1.54, 1.807) is 0 Å². The highest BCUT2D eigenvalue weighted by Crippen LogP contribution is 2.27. The second-order valence-electron chi connectivity index (χ2n) is 3.57. The van der Waals surface area contributed by atoms with Gasteiger partial charge in [-0.05, 0) is 18.9 Å². The molecular formula is C10H13N3OS. The molecule has 1 atom stereocenters. The highest BCUT2D eigenvalue weighted by Gasteiger charge is 2.22. The minimum absolute atomic E-state index is 0.110. The molecule has 0 aliphatic heterocycles. The Bertz CT molecular complexity index is 399. The number of hydrogen-bond acceptors (Lipinski definition) is 4. The van der Waals surface area contributed by atoms with E-state index < -0.39 is 0 Å². The Balaban J connectivity index is 2.05. The van der Waals surface area contributed by atoms with E-state index in [0.717, 1.165) is 25.0 Å². The number of anilines is 1. The first-order chi connectivity index (χ1) is 7.19. The molecule has 0 saturated heterocycles. The van der Waals surface area contributed by atoms with Crippen LogP contribution in [-0.4, -0.2) is 16.9 Å². The van der Waals surface area contributed by atoms with Gasteiger partial charge in [0.05, 0.1) is 5.69 Å². The zero-order chi connectivity index (χ0) is 10.8. The summed E-state index contributed by atoms with van der Waals surface area (Å²) >= 11 is 1.52. The molecule has 0 saturated carbocycles. The zero-order valence-corrected chi connectivity index (χ0v) is 9.14. The van der Waals surface area contributed by atoms with Gasteiger partial charge >= 0.3 is 0 Å². The number of nitrogens with one attached hydrogen (secondary N) is 1. The lowest BCUT2D eigenvalue weighted by Gasteiger charge is -2.21. The highest BCUT2D eigenvalue weighted by molar-refractivity contribution is 7.15. The summed E-state index contributed by atoms with van der Waals surface area (Å²) in [6, 6.07) is 0.197. The van der Waals surface area contributed by atoms with Gasteiger partial charge in [0.1, 0.15) is 0 Å². The third-order valence-electron chi connectivity index (χ3n) is 2.49. The third-order valence-corrected chi connectivity index (χ3v) is 3.44. The second-order valence-corrected chi connectivity index (χ2v) is 4.69. The highest BCUT2D eigenvalue weighted by atomic mass is 32.1. The van der Waals surface area contributed by atoms with E-state index >= 15 is 0 Å². The molecule has 1 heterocycles. The molecule has 3 N–H and O–H groups in total. The Morgan fingerprint density at radius 1 is 1.73 bits per heavy atom. The summed E-state index contributed by atoms with van der Waals surface area (Å²) in [5.74, 6) is -0.110. The van der Waals surface area contributed by atoms with Gasteiger partial charge in [0.25, 0.3) is 0 Å². The van der Waals surface area contributed by atoms with Crippen molar-refractivity contribution < 1.29 is 4.79 Å². The number of rotatable bonds is 2. The van der Waals surface area contributed by atoms with Crippen LogP contribution in [-0.2, 0) is 17.6 Å². The summed E-state index contributed by atoms with van der Waals surface area (Å²) in [7, 11) is 0. The Morgan fingerprint density at radius 3 is 3.27 bits per heavy atom. The maximum Gasteiger partial charge on any atom is 0.243 e. The van der Waals surface area contributed by atoms with Gasteiger partial charge in [0, 0.05) is 17.3 Å². The number of hydrogen-bond donors (Lipinski definition) is 2. The number of nitrogens with zero attached hydrogens (tertiary/aromatic N) is 1. The molecule has 2 rings (SSSR count). The first kappa shape index (κ1) is 10.2. The van der Waals surface area contributed by atoms with E-state index in [1.165, 1.54) is 22.3 Å². The third kappa shape index (κ3) is 2.18. The van der Waals surface area contributed by atoms with Gasteiger partial charge < -0.3 is 11.1 Å². The number of aryl methyl sites for hydroxylation is 1. The van der Waals surface area contributed by atoms with Gasteiger partial charge in [0.15, 0.2) is 5.13 Å². The van der Waals surface area contributed by atoms with E-state index in [9.17, 15) is 4.79 Å². The lowest BCUT2D eigenvalue weighted by Crippen LogP contribution is -2.37. The number of nitrogens with two attached hydrogens (primary N) is 1. The lowest BCUT2D eigenvalue weighted by molar-refractivity contribution is -0.117. The summed E-state index contributed by atoms with van der Waals surface area (Å²) in [6.07, 6.45) is 3.96. The van der Waals surface area contributed by atoms with Crippen molar-refractivity contribution in [3.63, 3.8) is 0 Å². The predicted molar refractivity (Wildman–Crippen MR) is 60.7 cm³/mol. The fourth-order valence-electron chi connectivity index (χ4n) is 1.78. The smallest absolute Gasteiger partial charge is 0.243 e. The lowest BCUT2D eigenvalue weighted by atomic mass is 9.98. The van der Waals surface area contributed by atoms with E-state index in [4.69, 9.17) is 5.73 Å². The van der Waals surface area contributed by atoms with E-state index in [1.807, 2.05) is 0 Å².